The average molecular weight is 312 g/mol. The Hall–Kier alpha value is -2.45. The van der Waals surface area contributed by atoms with Crippen LogP contribution in [0.1, 0.15) is 11.6 Å². The topological polar surface area (TPSA) is 62.1 Å². The predicted octanol–water partition coefficient (Wildman–Crippen LogP) is 3.17. The van der Waals surface area contributed by atoms with Crippen molar-refractivity contribution in [3.8, 4) is 11.8 Å². The molecule has 0 saturated carbocycles. The molecule has 1 N–H and O–H groups in total. The van der Waals surface area contributed by atoms with Gasteiger partial charge in [0.25, 0.3) is 0 Å². The predicted molar refractivity (Wildman–Crippen MR) is 86.7 cm³/mol. The van der Waals surface area contributed by atoms with Crippen LogP contribution in [-0.4, -0.2) is 18.8 Å². The molecule has 5 heteroatoms. The number of hydrogen-bond donors (Lipinski definition) is 1. The van der Waals surface area contributed by atoms with E-state index in [0.717, 1.165) is 4.90 Å². The van der Waals surface area contributed by atoms with E-state index in [0.29, 0.717) is 11.3 Å². The monoisotopic (exact) mass is 312 g/mol. The van der Waals surface area contributed by atoms with E-state index in [9.17, 15) is 10.1 Å². The largest absolute Gasteiger partial charge is 0.496 e. The second-order valence-corrected chi connectivity index (χ2v) is 5.52. The van der Waals surface area contributed by atoms with Gasteiger partial charge in [0.1, 0.15) is 11.8 Å². The van der Waals surface area contributed by atoms with Crippen LogP contribution in [-0.2, 0) is 4.79 Å². The molecular weight excluding hydrogens is 296 g/mol. The van der Waals surface area contributed by atoms with Crippen LogP contribution in [0.25, 0.3) is 0 Å². The highest BCUT2D eigenvalue weighted by atomic mass is 32.2. The number of benzene rings is 2. The molecule has 0 radical (unpaired) electrons. The summed E-state index contributed by atoms with van der Waals surface area (Å²) in [6.45, 7) is 0. The Labute approximate surface area is 134 Å². The fourth-order valence-electron chi connectivity index (χ4n) is 1.95. The van der Waals surface area contributed by atoms with Crippen LogP contribution in [0.15, 0.2) is 59.5 Å². The SMILES string of the molecule is COc1ccccc1[C@@H](C#N)NC(=O)CSc1ccccc1. The number of rotatable bonds is 6. The van der Waals surface area contributed by atoms with Crippen LogP contribution < -0.4 is 10.1 Å². The summed E-state index contributed by atoms with van der Waals surface area (Å²) in [7, 11) is 1.54. The minimum Gasteiger partial charge on any atom is -0.496 e. The fraction of sp³-hybridized carbons (Fsp3) is 0.176. The Morgan fingerprint density at radius 2 is 1.91 bits per heavy atom. The van der Waals surface area contributed by atoms with Crippen molar-refractivity contribution < 1.29 is 9.53 Å². The number of ether oxygens (including phenoxy) is 1. The van der Waals surface area contributed by atoms with Crippen LogP contribution in [0.2, 0.25) is 0 Å². The molecule has 0 unspecified atom stereocenters. The van der Waals surface area contributed by atoms with Gasteiger partial charge < -0.3 is 10.1 Å². The van der Waals surface area contributed by atoms with E-state index < -0.39 is 6.04 Å². The fourth-order valence-corrected chi connectivity index (χ4v) is 2.68. The summed E-state index contributed by atoms with van der Waals surface area (Å²) >= 11 is 1.43. The highest BCUT2D eigenvalue weighted by molar-refractivity contribution is 8.00. The summed E-state index contributed by atoms with van der Waals surface area (Å²) in [5, 5.41) is 12.0. The zero-order valence-electron chi connectivity index (χ0n) is 12.2. The zero-order chi connectivity index (χ0) is 15.8. The lowest BCUT2D eigenvalue weighted by Crippen LogP contribution is -2.29. The Balaban J connectivity index is 1.98. The van der Waals surface area contributed by atoms with E-state index in [2.05, 4.69) is 11.4 Å². The number of nitrogens with one attached hydrogen (secondary N) is 1. The van der Waals surface area contributed by atoms with Crippen molar-refractivity contribution in [2.45, 2.75) is 10.9 Å². The average Bonchev–Trinajstić information content (AvgIpc) is 2.58. The van der Waals surface area contributed by atoms with E-state index in [4.69, 9.17) is 4.74 Å². The van der Waals surface area contributed by atoms with Gasteiger partial charge in [0.15, 0.2) is 0 Å². The number of amides is 1. The molecule has 2 aromatic carbocycles. The Bertz CT molecular complexity index is 668. The van der Waals surface area contributed by atoms with Crippen molar-refractivity contribution in [2.75, 3.05) is 12.9 Å². The third kappa shape index (κ3) is 4.27. The van der Waals surface area contributed by atoms with E-state index in [-0.39, 0.29) is 11.7 Å². The zero-order valence-corrected chi connectivity index (χ0v) is 13.0. The van der Waals surface area contributed by atoms with Crippen molar-refractivity contribution in [3.63, 3.8) is 0 Å². The number of nitriles is 1. The van der Waals surface area contributed by atoms with Crippen molar-refractivity contribution >= 4 is 17.7 Å². The molecule has 0 heterocycles. The van der Waals surface area contributed by atoms with Gasteiger partial charge in [-0.2, -0.15) is 5.26 Å². The quantitative estimate of drug-likeness (QED) is 0.832. The second-order valence-electron chi connectivity index (χ2n) is 4.47. The van der Waals surface area contributed by atoms with E-state index in [1.54, 1.807) is 19.2 Å². The normalized spacial score (nSPS) is 11.3. The summed E-state index contributed by atoms with van der Waals surface area (Å²) in [4.78, 5) is 13.1. The molecule has 2 rings (SSSR count). The summed E-state index contributed by atoms with van der Waals surface area (Å²) in [5.41, 5.74) is 0.658. The third-order valence-corrected chi connectivity index (χ3v) is 4.01. The molecule has 4 nitrogen and oxygen atoms in total. The molecule has 0 bridgehead atoms. The smallest absolute Gasteiger partial charge is 0.231 e. The van der Waals surface area contributed by atoms with Gasteiger partial charge in [-0.25, -0.2) is 0 Å². The van der Waals surface area contributed by atoms with Crippen molar-refractivity contribution in [3.05, 3.63) is 60.2 Å². The standard InChI is InChI=1S/C17H16N2O2S/c1-21-16-10-6-5-9-14(16)15(11-18)19-17(20)12-22-13-7-3-2-4-8-13/h2-10,15H,12H2,1H3,(H,19,20)/t15-/m1/s1. The van der Waals surface area contributed by atoms with Crippen molar-refractivity contribution in [2.24, 2.45) is 0 Å². The lowest BCUT2D eigenvalue weighted by molar-refractivity contribution is -0.118. The Morgan fingerprint density at radius 3 is 2.59 bits per heavy atom. The highest BCUT2D eigenvalue weighted by Crippen LogP contribution is 2.24. The number of carbonyl (C=O) groups excluding carboxylic acids is 1. The summed E-state index contributed by atoms with van der Waals surface area (Å²) in [6, 6.07) is 18.2. The lowest BCUT2D eigenvalue weighted by atomic mass is 10.1. The molecule has 0 aromatic heterocycles. The highest BCUT2D eigenvalue weighted by Gasteiger charge is 2.17. The number of para-hydroxylation sites is 1. The molecule has 0 aliphatic carbocycles. The van der Waals surface area contributed by atoms with Gasteiger partial charge in [0, 0.05) is 10.5 Å². The first-order chi connectivity index (χ1) is 10.7. The van der Waals surface area contributed by atoms with Gasteiger partial charge in [0.05, 0.1) is 18.9 Å². The maximum Gasteiger partial charge on any atom is 0.231 e. The van der Waals surface area contributed by atoms with E-state index in [1.165, 1.54) is 11.8 Å². The van der Waals surface area contributed by atoms with Crippen molar-refractivity contribution in [1.29, 1.82) is 5.26 Å². The first-order valence-electron chi connectivity index (χ1n) is 6.74. The van der Waals surface area contributed by atoms with Gasteiger partial charge in [-0.15, -0.1) is 11.8 Å². The van der Waals surface area contributed by atoms with Crippen LogP contribution >= 0.6 is 11.8 Å². The van der Waals surface area contributed by atoms with Gasteiger partial charge in [-0.05, 0) is 18.2 Å². The molecule has 0 spiro atoms. The van der Waals surface area contributed by atoms with Gasteiger partial charge >= 0.3 is 0 Å². The molecule has 2 aromatic rings. The van der Waals surface area contributed by atoms with Crippen LogP contribution in [0, 0.1) is 11.3 Å². The molecule has 1 atom stereocenters. The molecule has 0 saturated heterocycles. The summed E-state index contributed by atoms with van der Waals surface area (Å²) in [6.07, 6.45) is 0. The van der Waals surface area contributed by atoms with Crippen molar-refractivity contribution in [1.82, 2.24) is 5.32 Å². The minimum atomic E-state index is -0.722. The third-order valence-electron chi connectivity index (χ3n) is 3.00. The lowest BCUT2D eigenvalue weighted by Gasteiger charge is -2.15. The number of carbonyl (C=O) groups is 1. The van der Waals surface area contributed by atoms with E-state index in [1.807, 2.05) is 42.5 Å². The van der Waals surface area contributed by atoms with Gasteiger partial charge in [0.2, 0.25) is 5.91 Å². The number of nitrogens with zero attached hydrogens (tertiary/aromatic N) is 1. The molecule has 112 valence electrons. The molecule has 22 heavy (non-hydrogen) atoms. The van der Waals surface area contributed by atoms with Gasteiger partial charge in [-0.1, -0.05) is 36.4 Å². The van der Waals surface area contributed by atoms with E-state index >= 15 is 0 Å². The van der Waals surface area contributed by atoms with Gasteiger partial charge in [-0.3, -0.25) is 4.79 Å². The Morgan fingerprint density at radius 1 is 1.23 bits per heavy atom. The molecule has 0 fully saturated rings. The maximum atomic E-state index is 12.0. The second kappa shape index (κ2) is 8.11. The number of hydrogen-bond acceptors (Lipinski definition) is 4. The maximum absolute atomic E-state index is 12.0. The first-order valence-corrected chi connectivity index (χ1v) is 7.73. The van der Waals surface area contributed by atoms with Crippen LogP contribution in [0.4, 0.5) is 0 Å². The first kappa shape index (κ1) is 15.9. The number of methoxy groups -OCH3 is 1. The molecular formula is C17H16N2O2S. The Kier molecular flexibility index (Phi) is 5.87. The van der Waals surface area contributed by atoms with Crippen LogP contribution in [0.3, 0.4) is 0 Å². The minimum absolute atomic E-state index is 0.189. The summed E-state index contributed by atoms with van der Waals surface area (Å²) in [5.74, 6) is 0.661. The van der Waals surface area contributed by atoms with Crippen LogP contribution in [0.5, 0.6) is 5.75 Å². The molecule has 0 aliphatic heterocycles. The summed E-state index contributed by atoms with van der Waals surface area (Å²) < 4.78 is 5.23. The number of thioether (sulfide) groups is 1. The molecule has 1 amide bonds. The molecule has 0 aliphatic rings.